The molecule has 0 spiro atoms. The number of ether oxygens (including phenoxy) is 1. The zero-order valence-corrected chi connectivity index (χ0v) is 19.6. The van der Waals surface area contributed by atoms with Crippen LogP contribution in [0.4, 0.5) is 0 Å². The quantitative estimate of drug-likeness (QED) is 0.359. The summed E-state index contributed by atoms with van der Waals surface area (Å²) in [6.45, 7) is 4.85. The van der Waals surface area contributed by atoms with Crippen molar-refractivity contribution in [1.82, 2.24) is 15.1 Å². The van der Waals surface area contributed by atoms with Crippen LogP contribution in [0.15, 0.2) is 83.3 Å². The lowest BCUT2D eigenvalue weighted by Gasteiger charge is -2.09. The van der Waals surface area contributed by atoms with Crippen molar-refractivity contribution in [3.05, 3.63) is 111 Å². The van der Waals surface area contributed by atoms with Crippen LogP contribution in [-0.4, -0.2) is 15.7 Å². The zero-order valence-electron chi connectivity index (χ0n) is 18.0. The molecule has 32 heavy (non-hydrogen) atoms. The highest BCUT2D eigenvalue weighted by molar-refractivity contribution is 9.10. The molecular formula is C26H24BrN3O2. The fourth-order valence-electron chi connectivity index (χ4n) is 3.50. The van der Waals surface area contributed by atoms with E-state index in [4.69, 9.17) is 4.74 Å². The van der Waals surface area contributed by atoms with Crippen molar-refractivity contribution in [2.75, 3.05) is 0 Å². The van der Waals surface area contributed by atoms with Gasteiger partial charge in [0.05, 0.1) is 15.9 Å². The Bertz CT molecular complexity index is 1220. The molecule has 1 aromatic heterocycles. The molecule has 3 aromatic carbocycles. The Morgan fingerprint density at radius 1 is 0.969 bits per heavy atom. The molecule has 0 fully saturated rings. The van der Waals surface area contributed by atoms with Crippen LogP contribution < -0.4 is 10.1 Å². The van der Waals surface area contributed by atoms with E-state index < -0.39 is 0 Å². The molecule has 5 nitrogen and oxygen atoms in total. The Hall–Kier alpha value is -3.38. The number of aryl methyl sites for hydroxylation is 1. The number of nitrogens with one attached hydrogen (secondary N) is 1. The summed E-state index contributed by atoms with van der Waals surface area (Å²) in [5.41, 5.74) is 5.57. The number of carbonyl (C=O) groups excluding carboxylic acids is 1. The van der Waals surface area contributed by atoms with Gasteiger partial charge >= 0.3 is 0 Å². The van der Waals surface area contributed by atoms with Crippen molar-refractivity contribution in [3.8, 4) is 11.4 Å². The first kappa shape index (κ1) is 21.8. The van der Waals surface area contributed by atoms with Crippen molar-refractivity contribution < 1.29 is 9.53 Å². The predicted molar refractivity (Wildman–Crippen MR) is 129 cm³/mol. The van der Waals surface area contributed by atoms with Crippen LogP contribution in [0, 0.1) is 13.8 Å². The molecule has 0 saturated carbocycles. The summed E-state index contributed by atoms with van der Waals surface area (Å²) < 4.78 is 8.66. The van der Waals surface area contributed by atoms with Crippen LogP contribution in [0.3, 0.4) is 0 Å². The van der Waals surface area contributed by atoms with E-state index in [1.165, 1.54) is 0 Å². The first-order valence-electron chi connectivity index (χ1n) is 10.4. The van der Waals surface area contributed by atoms with Gasteiger partial charge in [-0.1, -0.05) is 42.5 Å². The zero-order chi connectivity index (χ0) is 22.5. The maximum atomic E-state index is 12.7. The number of amides is 1. The van der Waals surface area contributed by atoms with Gasteiger partial charge in [-0.2, -0.15) is 5.10 Å². The third-order valence-corrected chi connectivity index (χ3v) is 5.97. The Morgan fingerprint density at radius 2 is 1.66 bits per heavy atom. The summed E-state index contributed by atoms with van der Waals surface area (Å²) in [5.74, 6) is 0.672. The van der Waals surface area contributed by atoms with Crippen molar-refractivity contribution in [2.45, 2.75) is 27.0 Å². The van der Waals surface area contributed by atoms with Crippen LogP contribution >= 0.6 is 15.9 Å². The van der Waals surface area contributed by atoms with Crippen LogP contribution in [0.25, 0.3) is 5.69 Å². The molecule has 0 aliphatic carbocycles. The lowest BCUT2D eigenvalue weighted by molar-refractivity contribution is 0.0951. The molecule has 0 aliphatic rings. The van der Waals surface area contributed by atoms with E-state index >= 15 is 0 Å². The largest absolute Gasteiger partial charge is 0.488 e. The van der Waals surface area contributed by atoms with E-state index in [1.54, 1.807) is 0 Å². The van der Waals surface area contributed by atoms with Crippen LogP contribution in [0.2, 0.25) is 0 Å². The van der Waals surface area contributed by atoms with Crippen LogP contribution in [-0.2, 0) is 13.2 Å². The molecule has 0 aliphatic heterocycles. The average Bonchev–Trinajstić information content (AvgIpc) is 3.11. The number of hydrogen-bond acceptors (Lipinski definition) is 3. The summed E-state index contributed by atoms with van der Waals surface area (Å²) >= 11 is 3.48. The molecule has 0 atom stereocenters. The van der Waals surface area contributed by atoms with E-state index in [-0.39, 0.29) is 5.91 Å². The first-order valence-corrected chi connectivity index (χ1v) is 11.2. The summed E-state index contributed by atoms with van der Waals surface area (Å²) in [7, 11) is 0. The molecule has 6 heteroatoms. The Kier molecular flexibility index (Phi) is 6.71. The average molecular weight is 490 g/mol. The second kappa shape index (κ2) is 9.83. The number of nitrogens with zero attached hydrogens (tertiary/aromatic N) is 2. The molecule has 4 aromatic rings. The summed E-state index contributed by atoms with van der Waals surface area (Å²) in [6.07, 6.45) is 0. The van der Waals surface area contributed by atoms with Crippen molar-refractivity contribution in [2.24, 2.45) is 0 Å². The topological polar surface area (TPSA) is 56.2 Å². The van der Waals surface area contributed by atoms with E-state index in [1.807, 2.05) is 97.4 Å². The van der Waals surface area contributed by atoms with Gasteiger partial charge in [0.2, 0.25) is 0 Å². The maximum absolute atomic E-state index is 12.7. The first-order chi connectivity index (χ1) is 15.5. The van der Waals surface area contributed by atoms with Crippen LogP contribution in [0.1, 0.15) is 32.9 Å². The highest BCUT2D eigenvalue weighted by atomic mass is 79.9. The monoisotopic (exact) mass is 489 g/mol. The second-order valence-electron chi connectivity index (χ2n) is 7.50. The third-order valence-electron chi connectivity index (χ3n) is 5.31. The minimum atomic E-state index is -0.116. The molecular weight excluding hydrogens is 466 g/mol. The standard InChI is InChI=1S/C26H24BrN3O2/c1-18-23(19(2)30(29-18)22-8-4-3-5-9-22)16-28-26(31)21-14-12-20(13-15-21)17-32-25-11-7-6-10-24(25)27/h3-15H,16-17H2,1-2H3,(H,28,31). The molecule has 0 bridgehead atoms. The highest BCUT2D eigenvalue weighted by Crippen LogP contribution is 2.24. The predicted octanol–water partition coefficient (Wildman–Crippen LogP) is 5.76. The SMILES string of the molecule is Cc1nn(-c2ccccc2)c(C)c1CNC(=O)c1ccc(COc2ccccc2Br)cc1. The van der Waals surface area contributed by atoms with Crippen molar-refractivity contribution in [1.29, 1.82) is 0 Å². The van der Waals surface area contributed by atoms with E-state index in [0.29, 0.717) is 18.7 Å². The molecule has 0 saturated heterocycles. The van der Waals surface area contributed by atoms with Gasteiger partial charge in [0, 0.05) is 23.4 Å². The number of aromatic nitrogens is 2. The normalized spacial score (nSPS) is 10.7. The molecule has 0 unspecified atom stereocenters. The van der Waals surface area contributed by atoms with E-state index in [9.17, 15) is 4.79 Å². The Labute approximate surface area is 196 Å². The van der Waals surface area contributed by atoms with Gasteiger partial charge in [0.15, 0.2) is 0 Å². The Morgan fingerprint density at radius 3 is 2.38 bits per heavy atom. The number of halogens is 1. The fraction of sp³-hybridized carbons (Fsp3) is 0.154. The highest BCUT2D eigenvalue weighted by Gasteiger charge is 2.14. The minimum absolute atomic E-state index is 0.116. The van der Waals surface area contributed by atoms with Gasteiger partial charge < -0.3 is 10.1 Å². The number of carbonyl (C=O) groups is 1. The van der Waals surface area contributed by atoms with Gasteiger partial charge in [-0.3, -0.25) is 4.79 Å². The lowest BCUT2D eigenvalue weighted by Crippen LogP contribution is -2.23. The maximum Gasteiger partial charge on any atom is 0.251 e. The summed E-state index contributed by atoms with van der Waals surface area (Å²) in [6, 6.07) is 25.2. The Balaban J connectivity index is 1.37. The molecule has 1 heterocycles. The third kappa shape index (κ3) is 4.92. The van der Waals surface area contributed by atoms with E-state index in [0.717, 1.165) is 38.4 Å². The van der Waals surface area contributed by atoms with E-state index in [2.05, 4.69) is 26.3 Å². The van der Waals surface area contributed by atoms with Gasteiger partial charge in [-0.15, -0.1) is 0 Å². The van der Waals surface area contributed by atoms with Crippen LogP contribution in [0.5, 0.6) is 5.75 Å². The van der Waals surface area contributed by atoms with Gasteiger partial charge in [0.1, 0.15) is 12.4 Å². The molecule has 0 radical (unpaired) electrons. The molecule has 4 rings (SSSR count). The van der Waals surface area contributed by atoms with Gasteiger partial charge in [-0.25, -0.2) is 4.68 Å². The smallest absolute Gasteiger partial charge is 0.251 e. The summed E-state index contributed by atoms with van der Waals surface area (Å²) in [4.78, 5) is 12.7. The lowest BCUT2D eigenvalue weighted by atomic mass is 10.1. The number of hydrogen-bond donors (Lipinski definition) is 1. The van der Waals surface area contributed by atoms with Crippen molar-refractivity contribution >= 4 is 21.8 Å². The van der Waals surface area contributed by atoms with Gasteiger partial charge in [-0.05, 0) is 71.7 Å². The molecule has 1 amide bonds. The number of rotatable bonds is 7. The number of benzene rings is 3. The minimum Gasteiger partial charge on any atom is -0.488 e. The second-order valence-corrected chi connectivity index (χ2v) is 8.35. The number of para-hydroxylation sites is 2. The van der Waals surface area contributed by atoms with Crippen molar-refractivity contribution in [3.63, 3.8) is 0 Å². The fourth-order valence-corrected chi connectivity index (χ4v) is 3.90. The van der Waals surface area contributed by atoms with Gasteiger partial charge in [0.25, 0.3) is 5.91 Å². The molecule has 162 valence electrons. The molecule has 1 N–H and O–H groups in total. The summed E-state index contributed by atoms with van der Waals surface area (Å²) in [5, 5.41) is 7.66.